The van der Waals surface area contributed by atoms with Crippen LogP contribution in [0.1, 0.15) is 16.6 Å². The molecule has 0 amide bonds. The number of aromatic nitrogens is 5. The Morgan fingerprint density at radius 2 is 2.06 bits per heavy atom. The van der Waals surface area contributed by atoms with Crippen molar-refractivity contribution in [3.05, 3.63) is 33.5 Å². The third-order valence-electron chi connectivity index (χ3n) is 5.06. The number of hydrogen-bond donors (Lipinski definition) is 4. The molecule has 0 aliphatic carbocycles. The van der Waals surface area contributed by atoms with Gasteiger partial charge in [0, 0.05) is 20.4 Å². The minimum absolute atomic E-state index is 0.267. The lowest BCUT2D eigenvalue weighted by atomic mass is 9.97. The molecule has 4 rings (SSSR count). The standard InChI is InChI=1S/C18H18BrF3N6O4S2/c1-6-11(25-17(23)33-6)9-4-28(27-26-9)12-13(30)10(5-29)32-16(14(12)31)34-7-2-8(19)15(24-3-7)18(20,21)22/h2-4,10,12-14,16,29-31H,5H2,1H3,(H2,23,25). The predicted molar refractivity (Wildman–Crippen MR) is 120 cm³/mol. The van der Waals surface area contributed by atoms with Gasteiger partial charge in [-0.1, -0.05) is 17.0 Å². The molecule has 4 heterocycles. The van der Waals surface area contributed by atoms with E-state index in [0.29, 0.717) is 16.5 Å². The fraction of sp³-hybridized carbons (Fsp3) is 0.444. The number of thioether (sulfide) groups is 1. The molecule has 1 aliphatic rings. The molecule has 5 unspecified atom stereocenters. The number of anilines is 1. The first-order valence-electron chi connectivity index (χ1n) is 9.66. The van der Waals surface area contributed by atoms with Crippen molar-refractivity contribution in [3.63, 3.8) is 0 Å². The number of aliphatic hydroxyl groups excluding tert-OH is 3. The van der Waals surface area contributed by atoms with Gasteiger partial charge in [0.25, 0.3) is 0 Å². The molecule has 0 aromatic carbocycles. The van der Waals surface area contributed by atoms with Crippen molar-refractivity contribution in [1.82, 2.24) is 25.0 Å². The molecule has 1 aliphatic heterocycles. The Morgan fingerprint density at radius 3 is 2.65 bits per heavy atom. The molecule has 10 nitrogen and oxygen atoms in total. The quantitative estimate of drug-likeness (QED) is 0.352. The van der Waals surface area contributed by atoms with Gasteiger partial charge < -0.3 is 25.8 Å². The highest BCUT2D eigenvalue weighted by atomic mass is 79.9. The monoisotopic (exact) mass is 582 g/mol. The molecule has 34 heavy (non-hydrogen) atoms. The second-order valence-electron chi connectivity index (χ2n) is 7.36. The summed E-state index contributed by atoms with van der Waals surface area (Å²) in [6.07, 6.45) is -5.97. The van der Waals surface area contributed by atoms with Crippen LogP contribution in [-0.4, -0.2) is 70.6 Å². The largest absolute Gasteiger partial charge is 0.434 e. The van der Waals surface area contributed by atoms with E-state index in [1.54, 1.807) is 0 Å². The van der Waals surface area contributed by atoms with Crippen LogP contribution in [0.15, 0.2) is 27.8 Å². The summed E-state index contributed by atoms with van der Waals surface area (Å²) in [5, 5.41) is 39.8. The van der Waals surface area contributed by atoms with Gasteiger partial charge in [0.05, 0.1) is 12.8 Å². The van der Waals surface area contributed by atoms with Gasteiger partial charge >= 0.3 is 6.18 Å². The van der Waals surface area contributed by atoms with Gasteiger partial charge in [0.1, 0.15) is 41.2 Å². The molecular formula is C18H18BrF3N6O4S2. The lowest BCUT2D eigenvalue weighted by Gasteiger charge is -2.41. The summed E-state index contributed by atoms with van der Waals surface area (Å²) in [6.45, 7) is 1.24. The van der Waals surface area contributed by atoms with Crippen LogP contribution < -0.4 is 5.73 Å². The summed E-state index contributed by atoms with van der Waals surface area (Å²) in [7, 11) is 0. The van der Waals surface area contributed by atoms with E-state index in [2.05, 4.69) is 36.2 Å². The number of aliphatic hydroxyl groups is 3. The molecule has 1 fully saturated rings. The van der Waals surface area contributed by atoms with E-state index < -0.39 is 48.3 Å². The molecule has 16 heteroatoms. The number of nitrogens with two attached hydrogens (primary N) is 1. The number of aryl methyl sites for hydroxylation is 1. The topological polar surface area (TPSA) is 152 Å². The smallest absolute Gasteiger partial charge is 0.394 e. The van der Waals surface area contributed by atoms with Crippen LogP contribution in [0.4, 0.5) is 18.3 Å². The zero-order chi connectivity index (χ0) is 24.8. The van der Waals surface area contributed by atoms with E-state index in [1.807, 2.05) is 6.92 Å². The summed E-state index contributed by atoms with van der Waals surface area (Å²) in [4.78, 5) is 8.73. The highest BCUT2D eigenvalue weighted by Crippen LogP contribution is 2.40. The first kappa shape index (κ1) is 25.3. The zero-order valence-electron chi connectivity index (χ0n) is 17.2. The molecule has 0 bridgehead atoms. The maximum absolute atomic E-state index is 13.0. The Hall–Kier alpha value is -1.82. The molecule has 5 atom stereocenters. The van der Waals surface area contributed by atoms with E-state index in [9.17, 15) is 28.5 Å². The predicted octanol–water partition coefficient (Wildman–Crippen LogP) is 2.24. The van der Waals surface area contributed by atoms with Crippen molar-refractivity contribution >= 4 is 44.2 Å². The Kier molecular flexibility index (Phi) is 7.19. The number of ether oxygens (including phenoxy) is 1. The summed E-state index contributed by atoms with van der Waals surface area (Å²) in [5.74, 6) is 0. The molecule has 0 spiro atoms. The van der Waals surface area contributed by atoms with Gasteiger partial charge in [-0.25, -0.2) is 14.6 Å². The van der Waals surface area contributed by atoms with Crippen molar-refractivity contribution in [2.75, 3.05) is 12.3 Å². The minimum atomic E-state index is -4.63. The molecule has 0 saturated carbocycles. The summed E-state index contributed by atoms with van der Waals surface area (Å²) in [6, 6.07) is 0.125. The second-order valence-corrected chi connectivity index (χ2v) is 10.6. The van der Waals surface area contributed by atoms with Gasteiger partial charge in [-0.3, -0.25) is 0 Å². The van der Waals surface area contributed by atoms with Crippen LogP contribution in [0.5, 0.6) is 0 Å². The van der Waals surface area contributed by atoms with Crippen LogP contribution in [0.25, 0.3) is 11.4 Å². The van der Waals surface area contributed by atoms with Crippen molar-refractivity contribution in [1.29, 1.82) is 0 Å². The van der Waals surface area contributed by atoms with Crippen molar-refractivity contribution in [3.8, 4) is 11.4 Å². The first-order valence-corrected chi connectivity index (χ1v) is 12.2. The average Bonchev–Trinajstić information content (AvgIpc) is 3.35. The first-order chi connectivity index (χ1) is 16.0. The maximum atomic E-state index is 13.0. The second kappa shape index (κ2) is 9.67. The SMILES string of the molecule is Cc1sc(N)nc1-c1cn(C2C(O)C(CO)OC(Sc3cnc(C(F)(F)F)c(Br)c3)C2O)nn1. The molecule has 0 radical (unpaired) electrons. The summed E-state index contributed by atoms with van der Waals surface area (Å²) >= 11 is 5.03. The average molecular weight is 583 g/mol. The van der Waals surface area contributed by atoms with E-state index >= 15 is 0 Å². The molecule has 184 valence electrons. The van der Waals surface area contributed by atoms with Crippen LogP contribution in [-0.2, 0) is 10.9 Å². The fourth-order valence-corrected chi connectivity index (χ4v) is 5.98. The van der Waals surface area contributed by atoms with Gasteiger partial charge in [-0.15, -0.1) is 16.4 Å². The summed E-state index contributed by atoms with van der Waals surface area (Å²) < 4.78 is 45.6. The van der Waals surface area contributed by atoms with E-state index in [1.165, 1.54) is 28.3 Å². The zero-order valence-corrected chi connectivity index (χ0v) is 20.4. The van der Waals surface area contributed by atoms with Crippen LogP contribution in [0.2, 0.25) is 0 Å². The maximum Gasteiger partial charge on any atom is 0.434 e. The number of alkyl halides is 3. The van der Waals surface area contributed by atoms with Crippen molar-refractivity contribution in [2.24, 2.45) is 0 Å². The van der Waals surface area contributed by atoms with Crippen LogP contribution >= 0.6 is 39.0 Å². The number of thiazole rings is 1. The highest BCUT2D eigenvalue weighted by molar-refractivity contribution is 9.10. The van der Waals surface area contributed by atoms with Crippen LogP contribution in [0.3, 0.4) is 0 Å². The lowest BCUT2D eigenvalue weighted by Crippen LogP contribution is -2.55. The number of nitrogens with zero attached hydrogens (tertiary/aromatic N) is 5. The number of hydrogen-bond acceptors (Lipinski definition) is 11. The fourth-order valence-electron chi connectivity index (χ4n) is 3.49. The number of rotatable bonds is 5. The minimum Gasteiger partial charge on any atom is -0.394 e. The molecule has 3 aromatic rings. The molecular weight excluding hydrogens is 565 g/mol. The van der Waals surface area contributed by atoms with Crippen molar-refractivity contribution < 1.29 is 33.2 Å². The third kappa shape index (κ3) is 4.93. The molecule has 3 aromatic heterocycles. The third-order valence-corrected chi connectivity index (χ3v) is 7.58. The normalized spacial score (nSPS) is 25.6. The van der Waals surface area contributed by atoms with E-state index in [-0.39, 0.29) is 9.37 Å². The lowest BCUT2D eigenvalue weighted by molar-refractivity contribution is -0.178. The highest BCUT2D eigenvalue weighted by Gasteiger charge is 2.46. The van der Waals surface area contributed by atoms with Crippen molar-refractivity contribution in [2.45, 2.75) is 47.8 Å². The molecule has 1 saturated heterocycles. The van der Waals surface area contributed by atoms with E-state index in [0.717, 1.165) is 22.8 Å². The van der Waals surface area contributed by atoms with E-state index in [4.69, 9.17) is 10.5 Å². The van der Waals surface area contributed by atoms with Gasteiger partial charge in [0.15, 0.2) is 10.8 Å². The summed E-state index contributed by atoms with van der Waals surface area (Å²) in [5.41, 5.74) is 4.46. The van der Waals surface area contributed by atoms with Crippen LogP contribution in [0, 0.1) is 6.92 Å². The Labute approximate surface area is 207 Å². The van der Waals surface area contributed by atoms with Gasteiger partial charge in [-0.2, -0.15) is 13.2 Å². The Morgan fingerprint density at radius 1 is 1.32 bits per heavy atom. The number of pyridine rings is 1. The van der Waals surface area contributed by atoms with Gasteiger partial charge in [-0.05, 0) is 28.9 Å². The van der Waals surface area contributed by atoms with Gasteiger partial charge in [0.2, 0.25) is 0 Å². The number of halogens is 4. The Balaban J connectivity index is 1.61. The number of nitrogen functional groups attached to an aromatic ring is 1. The Bertz CT molecular complexity index is 1180. The molecule has 5 N–H and O–H groups in total.